The third kappa shape index (κ3) is 1.56. The molecule has 0 radical (unpaired) electrons. The topological polar surface area (TPSA) is 61.9 Å². The summed E-state index contributed by atoms with van der Waals surface area (Å²) in [4.78, 5) is 4.66. The van der Waals surface area contributed by atoms with Crippen LogP contribution in [0.3, 0.4) is 0 Å². The molecule has 5 nitrogen and oxygen atoms in total. The highest BCUT2D eigenvalue weighted by Crippen LogP contribution is 2.07. The van der Waals surface area contributed by atoms with E-state index in [2.05, 4.69) is 31.3 Å². The van der Waals surface area contributed by atoms with Gasteiger partial charge in [-0.25, -0.2) is 0 Å². The van der Waals surface area contributed by atoms with Crippen LogP contribution in [0.25, 0.3) is 0 Å². The van der Waals surface area contributed by atoms with Crippen LogP contribution in [0.15, 0.2) is 4.60 Å². The SMILES string of the molecule is CNc1nc(C)c(Br)n[n+]1O. The van der Waals surface area contributed by atoms with Crippen molar-refractivity contribution in [2.75, 3.05) is 12.4 Å². The van der Waals surface area contributed by atoms with Crippen molar-refractivity contribution in [3.63, 3.8) is 0 Å². The Hall–Kier alpha value is -0.910. The molecule has 60 valence electrons. The summed E-state index contributed by atoms with van der Waals surface area (Å²) in [5.41, 5.74) is 0.722. The second-order valence-corrected chi connectivity index (χ2v) is 2.70. The number of hydrogen-bond acceptors (Lipinski definition) is 4. The molecule has 0 aliphatic rings. The lowest BCUT2D eigenvalue weighted by atomic mass is 10.5. The van der Waals surface area contributed by atoms with Gasteiger partial charge >= 0.3 is 5.95 Å². The molecule has 11 heavy (non-hydrogen) atoms. The molecule has 6 heteroatoms. The van der Waals surface area contributed by atoms with E-state index in [-0.39, 0.29) is 0 Å². The molecule has 0 amide bonds. The fourth-order valence-corrected chi connectivity index (χ4v) is 0.847. The maximum atomic E-state index is 9.07. The molecule has 1 aromatic rings. The van der Waals surface area contributed by atoms with Gasteiger partial charge in [-0.3, -0.25) is 5.32 Å². The van der Waals surface area contributed by atoms with Crippen molar-refractivity contribution >= 4 is 21.9 Å². The van der Waals surface area contributed by atoms with Gasteiger partial charge in [0.2, 0.25) is 0 Å². The highest BCUT2D eigenvalue weighted by atomic mass is 79.9. The van der Waals surface area contributed by atoms with Crippen LogP contribution >= 0.6 is 15.9 Å². The van der Waals surface area contributed by atoms with Crippen LogP contribution in [0.5, 0.6) is 0 Å². The van der Waals surface area contributed by atoms with E-state index in [0.717, 1.165) is 5.69 Å². The molecule has 0 fully saturated rings. The van der Waals surface area contributed by atoms with Crippen LogP contribution in [0.4, 0.5) is 5.95 Å². The number of nitrogens with one attached hydrogen (secondary N) is 1. The number of anilines is 1. The Morgan fingerprint density at radius 1 is 1.64 bits per heavy atom. The van der Waals surface area contributed by atoms with E-state index < -0.39 is 0 Å². The normalized spacial score (nSPS) is 9.73. The van der Waals surface area contributed by atoms with Gasteiger partial charge in [0.1, 0.15) is 0 Å². The number of hydrogen-bond donors (Lipinski definition) is 2. The van der Waals surface area contributed by atoms with E-state index in [9.17, 15) is 0 Å². The van der Waals surface area contributed by atoms with Crippen LogP contribution in [-0.4, -0.2) is 22.3 Å². The molecule has 1 aromatic heterocycles. The van der Waals surface area contributed by atoms with E-state index in [1.54, 1.807) is 14.0 Å². The van der Waals surface area contributed by atoms with E-state index >= 15 is 0 Å². The monoisotopic (exact) mass is 219 g/mol. The molecule has 0 aromatic carbocycles. The van der Waals surface area contributed by atoms with Crippen molar-refractivity contribution in [3.8, 4) is 0 Å². The van der Waals surface area contributed by atoms with Crippen molar-refractivity contribution in [3.05, 3.63) is 10.3 Å². The highest BCUT2D eigenvalue weighted by molar-refractivity contribution is 9.10. The van der Waals surface area contributed by atoms with Crippen LogP contribution in [-0.2, 0) is 0 Å². The summed E-state index contributed by atoms with van der Waals surface area (Å²) in [6.07, 6.45) is 0. The Morgan fingerprint density at radius 3 is 2.82 bits per heavy atom. The summed E-state index contributed by atoms with van der Waals surface area (Å²) < 4.78 is 0.527. The standard InChI is InChI=1S/C5H7BrN4O/c1-3-4(6)9-10(11)5(7-2)8-3/h11H,1-2H3/p+1. The molecule has 0 saturated carbocycles. The minimum Gasteiger partial charge on any atom is -0.352 e. The number of aryl methyl sites for hydroxylation is 1. The fourth-order valence-electron chi connectivity index (χ4n) is 0.608. The Labute approximate surface area is 72.2 Å². The van der Waals surface area contributed by atoms with Gasteiger partial charge in [0, 0.05) is 4.85 Å². The van der Waals surface area contributed by atoms with Gasteiger partial charge in [-0.1, -0.05) is 10.1 Å². The third-order valence-corrected chi connectivity index (χ3v) is 1.90. The average Bonchev–Trinajstić information content (AvgIpc) is 1.97. The fraction of sp³-hybridized carbons (Fsp3) is 0.400. The summed E-state index contributed by atoms with van der Waals surface area (Å²) in [5.74, 6) is 0.311. The van der Waals surface area contributed by atoms with Gasteiger partial charge < -0.3 is 5.21 Å². The van der Waals surface area contributed by atoms with Crippen molar-refractivity contribution < 1.29 is 10.1 Å². The first kappa shape index (κ1) is 8.19. The first-order valence-electron chi connectivity index (χ1n) is 2.98. The summed E-state index contributed by atoms with van der Waals surface area (Å²) in [6, 6.07) is 0. The van der Waals surface area contributed by atoms with Crippen molar-refractivity contribution in [2.24, 2.45) is 0 Å². The molecule has 0 atom stereocenters. The maximum Gasteiger partial charge on any atom is 0.449 e. The van der Waals surface area contributed by atoms with Gasteiger partial charge in [0.25, 0.3) is 0 Å². The lowest BCUT2D eigenvalue weighted by molar-refractivity contribution is -0.940. The quantitative estimate of drug-likeness (QED) is 0.521. The molecule has 1 rings (SSSR count). The third-order valence-electron chi connectivity index (χ3n) is 1.17. The Morgan fingerprint density at radius 2 is 2.27 bits per heavy atom. The zero-order chi connectivity index (χ0) is 8.43. The largest absolute Gasteiger partial charge is 0.449 e. The zero-order valence-corrected chi connectivity index (χ0v) is 7.75. The second-order valence-electron chi connectivity index (χ2n) is 1.95. The van der Waals surface area contributed by atoms with Crippen molar-refractivity contribution in [2.45, 2.75) is 6.92 Å². The number of halogens is 1. The van der Waals surface area contributed by atoms with Gasteiger partial charge in [-0.15, -0.1) is 0 Å². The number of aromatic nitrogens is 3. The van der Waals surface area contributed by atoms with Gasteiger partial charge in [-0.05, 0) is 22.9 Å². The highest BCUT2D eigenvalue weighted by Gasteiger charge is 2.13. The molecule has 0 aliphatic carbocycles. The van der Waals surface area contributed by atoms with E-state index in [1.165, 1.54) is 0 Å². The Kier molecular flexibility index (Phi) is 2.23. The Bertz CT molecular complexity index is 277. The van der Waals surface area contributed by atoms with Crippen LogP contribution in [0.2, 0.25) is 0 Å². The molecule has 0 saturated heterocycles. The molecule has 2 N–H and O–H groups in total. The molecule has 0 spiro atoms. The lowest BCUT2D eigenvalue weighted by Gasteiger charge is -1.95. The predicted octanol–water partition coefficient (Wildman–Crippen LogP) is 0.114. The van der Waals surface area contributed by atoms with Gasteiger partial charge in [0.15, 0.2) is 10.3 Å². The summed E-state index contributed by atoms with van der Waals surface area (Å²) in [7, 11) is 1.66. The van der Waals surface area contributed by atoms with E-state index in [1.807, 2.05) is 0 Å². The predicted molar refractivity (Wildman–Crippen MR) is 41.4 cm³/mol. The van der Waals surface area contributed by atoms with Gasteiger partial charge in [-0.2, -0.15) is 0 Å². The number of rotatable bonds is 1. The number of nitrogens with zero attached hydrogens (tertiary/aromatic N) is 3. The van der Waals surface area contributed by atoms with Crippen molar-refractivity contribution in [1.82, 2.24) is 10.1 Å². The van der Waals surface area contributed by atoms with E-state index in [0.29, 0.717) is 15.4 Å². The second kappa shape index (κ2) is 3.00. The molecule has 0 aliphatic heterocycles. The summed E-state index contributed by atoms with van der Waals surface area (Å²) in [5, 5.41) is 15.5. The first-order valence-corrected chi connectivity index (χ1v) is 3.78. The molecule has 1 heterocycles. The van der Waals surface area contributed by atoms with Crippen LogP contribution in [0, 0.1) is 6.92 Å². The maximum absolute atomic E-state index is 9.07. The Balaban J connectivity index is 3.21. The minimum absolute atomic E-state index is 0.311. The average molecular weight is 220 g/mol. The van der Waals surface area contributed by atoms with Crippen LogP contribution < -0.4 is 10.2 Å². The summed E-state index contributed by atoms with van der Waals surface area (Å²) >= 11 is 3.13. The molecule has 0 bridgehead atoms. The molecular formula is C5H8BrN4O+. The first-order chi connectivity index (χ1) is 5.15. The minimum atomic E-state index is 0.311. The summed E-state index contributed by atoms with van der Waals surface area (Å²) in [6.45, 7) is 1.79. The molecule has 0 unspecified atom stereocenters. The van der Waals surface area contributed by atoms with Crippen LogP contribution in [0.1, 0.15) is 5.69 Å². The molecular weight excluding hydrogens is 212 g/mol. The van der Waals surface area contributed by atoms with Gasteiger partial charge in [0.05, 0.1) is 7.05 Å². The smallest absolute Gasteiger partial charge is 0.352 e. The van der Waals surface area contributed by atoms with E-state index in [4.69, 9.17) is 5.21 Å². The van der Waals surface area contributed by atoms with Crippen molar-refractivity contribution in [1.29, 1.82) is 0 Å². The zero-order valence-electron chi connectivity index (χ0n) is 6.17. The lowest BCUT2D eigenvalue weighted by Crippen LogP contribution is -2.39.